The molecule has 0 aliphatic heterocycles. The maximum Gasteiger partial charge on any atom is 0.174 e. The summed E-state index contributed by atoms with van der Waals surface area (Å²) >= 11 is 0. The number of aromatic nitrogens is 4. The lowest BCUT2D eigenvalue weighted by Gasteiger charge is -2.31. The molecule has 0 saturated heterocycles. The second-order valence-corrected chi connectivity index (χ2v) is 5.98. The highest BCUT2D eigenvalue weighted by Crippen LogP contribution is 2.25. The highest BCUT2D eigenvalue weighted by Gasteiger charge is 2.20. The molecule has 5 nitrogen and oxygen atoms in total. The van der Waals surface area contributed by atoms with Crippen LogP contribution in [0.25, 0.3) is 5.82 Å². The molecule has 0 aromatic carbocycles. The Morgan fingerprint density at radius 2 is 1.90 bits per heavy atom. The molecule has 21 heavy (non-hydrogen) atoms. The summed E-state index contributed by atoms with van der Waals surface area (Å²) in [5.41, 5.74) is 2.08. The molecule has 1 aliphatic rings. The van der Waals surface area contributed by atoms with Crippen LogP contribution < -0.4 is 4.90 Å². The summed E-state index contributed by atoms with van der Waals surface area (Å²) in [6.45, 7) is 4.04. The molecule has 112 valence electrons. The van der Waals surface area contributed by atoms with Crippen molar-refractivity contribution in [3.05, 3.63) is 29.8 Å². The molecule has 0 unspecified atom stereocenters. The van der Waals surface area contributed by atoms with Crippen molar-refractivity contribution in [3.8, 4) is 5.82 Å². The molecule has 0 bridgehead atoms. The van der Waals surface area contributed by atoms with Crippen LogP contribution in [0.2, 0.25) is 0 Å². The van der Waals surface area contributed by atoms with E-state index >= 15 is 0 Å². The molecule has 3 rings (SSSR count). The molecular weight excluding hydrogens is 262 g/mol. The second kappa shape index (κ2) is 5.84. The average Bonchev–Trinajstić information content (AvgIpc) is 2.86. The molecule has 0 amide bonds. The highest BCUT2D eigenvalue weighted by molar-refractivity contribution is 5.40. The summed E-state index contributed by atoms with van der Waals surface area (Å²) in [5, 5.41) is 4.49. The summed E-state index contributed by atoms with van der Waals surface area (Å²) in [7, 11) is 2.13. The van der Waals surface area contributed by atoms with Crippen LogP contribution in [0.15, 0.2) is 18.5 Å². The molecule has 0 spiro atoms. The summed E-state index contributed by atoms with van der Waals surface area (Å²) in [6.07, 6.45) is 10.1. The van der Waals surface area contributed by atoms with E-state index in [2.05, 4.69) is 28.1 Å². The lowest BCUT2D eigenvalue weighted by molar-refractivity contribution is 0.425. The zero-order chi connectivity index (χ0) is 14.8. The predicted molar refractivity (Wildman–Crippen MR) is 83.9 cm³/mol. The highest BCUT2D eigenvalue weighted by atomic mass is 15.3. The molecule has 1 saturated carbocycles. The van der Waals surface area contributed by atoms with E-state index < -0.39 is 0 Å². The van der Waals surface area contributed by atoms with Gasteiger partial charge in [0.15, 0.2) is 5.82 Å². The molecule has 0 N–H and O–H groups in total. The van der Waals surface area contributed by atoms with Gasteiger partial charge in [0, 0.05) is 18.8 Å². The Hall–Kier alpha value is -1.91. The van der Waals surface area contributed by atoms with Crippen molar-refractivity contribution in [2.45, 2.75) is 52.0 Å². The minimum absolute atomic E-state index is 0.587. The normalized spacial score (nSPS) is 16.1. The van der Waals surface area contributed by atoms with Gasteiger partial charge in [0.05, 0.1) is 18.1 Å². The fourth-order valence-corrected chi connectivity index (χ4v) is 3.13. The van der Waals surface area contributed by atoms with E-state index in [4.69, 9.17) is 4.98 Å². The van der Waals surface area contributed by atoms with Crippen molar-refractivity contribution >= 4 is 5.82 Å². The first-order chi connectivity index (χ1) is 10.1. The van der Waals surface area contributed by atoms with E-state index in [0.29, 0.717) is 6.04 Å². The number of hydrogen-bond donors (Lipinski definition) is 0. The molecule has 1 aliphatic carbocycles. The van der Waals surface area contributed by atoms with Gasteiger partial charge >= 0.3 is 0 Å². The van der Waals surface area contributed by atoms with Crippen LogP contribution in [0.5, 0.6) is 0 Å². The smallest absolute Gasteiger partial charge is 0.174 e. The summed E-state index contributed by atoms with van der Waals surface area (Å²) < 4.78 is 1.86. The van der Waals surface area contributed by atoms with Gasteiger partial charge in [-0.1, -0.05) is 19.3 Å². The van der Waals surface area contributed by atoms with E-state index in [1.165, 1.54) is 32.1 Å². The molecular formula is C16H23N5. The van der Waals surface area contributed by atoms with Crippen molar-refractivity contribution in [3.63, 3.8) is 0 Å². The molecule has 2 aromatic heterocycles. The van der Waals surface area contributed by atoms with Gasteiger partial charge in [0.25, 0.3) is 0 Å². The van der Waals surface area contributed by atoms with Crippen molar-refractivity contribution in [1.29, 1.82) is 0 Å². The minimum Gasteiger partial charge on any atom is -0.355 e. The zero-order valence-corrected chi connectivity index (χ0v) is 13.1. The third kappa shape index (κ3) is 2.91. The number of nitrogens with zero attached hydrogens (tertiary/aromatic N) is 5. The maximum atomic E-state index is 4.76. The van der Waals surface area contributed by atoms with E-state index in [1.54, 1.807) is 6.20 Å². The quantitative estimate of drug-likeness (QED) is 0.869. The van der Waals surface area contributed by atoms with Crippen LogP contribution >= 0.6 is 0 Å². The third-order valence-corrected chi connectivity index (χ3v) is 4.32. The number of aryl methyl sites for hydroxylation is 2. The molecule has 0 atom stereocenters. The monoisotopic (exact) mass is 285 g/mol. The topological polar surface area (TPSA) is 46.8 Å². The fourth-order valence-electron chi connectivity index (χ4n) is 3.13. The summed E-state index contributed by atoms with van der Waals surface area (Å²) in [6, 6.07) is 2.64. The number of anilines is 1. The van der Waals surface area contributed by atoms with Crippen LogP contribution in [-0.2, 0) is 0 Å². The van der Waals surface area contributed by atoms with Gasteiger partial charge in [0.2, 0.25) is 0 Å². The molecule has 2 heterocycles. The Morgan fingerprint density at radius 1 is 1.14 bits per heavy atom. The van der Waals surface area contributed by atoms with Crippen LogP contribution in [0, 0.1) is 13.8 Å². The zero-order valence-electron chi connectivity index (χ0n) is 13.1. The van der Waals surface area contributed by atoms with Crippen molar-refractivity contribution in [2.24, 2.45) is 0 Å². The Bertz CT molecular complexity index is 613. The Kier molecular flexibility index (Phi) is 3.90. The maximum absolute atomic E-state index is 4.76. The Balaban J connectivity index is 1.87. The van der Waals surface area contributed by atoms with Gasteiger partial charge in [-0.05, 0) is 32.8 Å². The average molecular weight is 285 g/mol. The van der Waals surface area contributed by atoms with Crippen molar-refractivity contribution in [1.82, 2.24) is 19.7 Å². The Labute approximate surface area is 126 Å². The minimum atomic E-state index is 0.587. The van der Waals surface area contributed by atoms with E-state index in [1.807, 2.05) is 24.7 Å². The third-order valence-electron chi connectivity index (χ3n) is 4.32. The lowest BCUT2D eigenvalue weighted by Crippen LogP contribution is -2.34. The van der Waals surface area contributed by atoms with Crippen LogP contribution in [0.1, 0.15) is 43.5 Å². The van der Waals surface area contributed by atoms with Gasteiger partial charge in [-0.25, -0.2) is 9.67 Å². The van der Waals surface area contributed by atoms with E-state index in [9.17, 15) is 0 Å². The van der Waals surface area contributed by atoms with Gasteiger partial charge < -0.3 is 4.90 Å². The lowest BCUT2D eigenvalue weighted by atomic mass is 9.94. The van der Waals surface area contributed by atoms with Crippen LogP contribution in [-0.4, -0.2) is 32.8 Å². The van der Waals surface area contributed by atoms with Crippen molar-refractivity contribution in [2.75, 3.05) is 11.9 Å². The first-order valence-corrected chi connectivity index (χ1v) is 7.73. The number of rotatable bonds is 3. The van der Waals surface area contributed by atoms with Gasteiger partial charge in [-0.3, -0.25) is 4.98 Å². The summed E-state index contributed by atoms with van der Waals surface area (Å²) in [5.74, 6) is 1.73. The molecule has 1 fully saturated rings. The molecule has 2 aromatic rings. The standard InChI is InChI=1S/C16H23N5/c1-12-9-13(2)21(19-12)16-11-17-10-15(18-16)20(3)14-7-5-4-6-8-14/h9-11,14H,4-8H2,1-3H3. The summed E-state index contributed by atoms with van der Waals surface area (Å²) in [4.78, 5) is 11.4. The van der Waals surface area contributed by atoms with Crippen LogP contribution in [0.4, 0.5) is 5.82 Å². The van der Waals surface area contributed by atoms with E-state index in [0.717, 1.165) is 23.0 Å². The molecule has 0 radical (unpaired) electrons. The first-order valence-electron chi connectivity index (χ1n) is 7.73. The van der Waals surface area contributed by atoms with Crippen LogP contribution in [0.3, 0.4) is 0 Å². The molecule has 5 heteroatoms. The van der Waals surface area contributed by atoms with Gasteiger partial charge in [0.1, 0.15) is 5.82 Å². The van der Waals surface area contributed by atoms with Crippen molar-refractivity contribution < 1.29 is 0 Å². The van der Waals surface area contributed by atoms with Gasteiger partial charge in [-0.2, -0.15) is 5.10 Å². The van der Waals surface area contributed by atoms with Gasteiger partial charge in [-0.15, -0.1) is 0 Å². The van der Waals surface area contributed by atoms with E-state index in [-0.39, 0.29) is 0 Å². The Morgan fingerprint density at radius 3 is 2.57 bits per heavy atom. The SMILES string of the molecule is Cc1cc(C)n(-c2cncc(N(C)C3CCCCC3)n2)n1. The predicted octanol–water partition coefficient (Wildman–Crippen LogP) is 3.05. The number of hydrogen-bond acceptors (Lipinski definition) is 4. The second-order valence-electron chi connectivity index (χ2n) is 5.98. The fraction of sp³-hybridized carbons (Fsp3) is 0.562. The largest absolute Gasteiger partial charge is 0.355 e. The first kappa shape index (κ1) is 14.0.